The standard InChI is InChI=1S/C15H15ClN2O5S/c16-13-4-6-15(7-5-13)23-9-8-17-24(21,22)11-12-2-1-3-14(10-12)18(19)20/h1-7,10,17H,8-9,11H2. The second-order valence-corrected chi connectivity index (χ2v) is 7.13. The molecule has 0 spiro atoms. The van der Waals surface area contributed by atoms with Crippen LogP contribution in [0.25, 0.3) is 0 Å². The summed E-state index contributed by atoms with van der Waals surface area (Å²) < 4.78 is 31.7. The van der Waals surface area contributed by atoms with Crippen LogP contribution >= 0.6 is 11.6 Å². The maximum atomic E-state index is 12.0. The lowest BCUT2D eigenvalue weighted by Crippen LogP contribution is -2.29. The number of nitro groups is 1. The van der Waals surface area contributed by atoms with Gasteiger partial charge in [-0.15, -0.1) is 0 Å². The van der Waals surface area contributed by atoms with Crippen molar-refractivity contribution in [3.8, 4) is 5.75 Å². The Kier molecular flexibility index (Phi) is 6.13. The van der Waals surface area contributed by atoms with E-state index in [-0.39, 0.29) is 24.6 Å². The van der Waals surface area contributed by atoms with Crippen molar-refractivity contribution in [2.45, 2.75) is 5.75 Å². The van der Waals surface area contributed by atoms with Crippen molar-refractivity contribution in [2.75, 3.05) is 13.2 Å². The number of hydrogen-bond donors (Lipinski definition) is 1. The van der Waals surface area contributed by atoms with E-state index in [9.17, 15) is 18.5 Å². The van der Waals surface area contributed by atoms with Crippen LogP contribution in [0.5, 0.6) is 5.75 Å². The van der Waals surface area contributed by atoms with Crippen molar-refractivity contribution in [2.24, 2.45) is 0 Å². The van der Waals surface area contributed by atoms with Gasteiger partial charge in [0, 0.05) is 23.7 Å². The minimum Gasteiger partial charge on any atom is -0.492 e. The molecule has 128 valence electrons. The fourth-order valence-corrected chi connectivity index (χ4v) is 3.17. The van der Waals surface area contributed by atoms with Crippen molar-refractivity contribution in [1.29, 1.82) is 0 Å². The molecule has 0 aliphatic heterocycles. The molecule has 0 fully saturated rings. The van der Waals surface area contributed by atoms with Gasteiger partial charge in [-0.1, -0.05) is 23.7 Å². The lowest BCUT2D eigenvalue weighted by Gasteiger charge is -2.08. The Hall–Kier alpha value is -2.16. The van der Waals surface area contributed by atoms with Gasteiger partial charge in [0.25, 0.3) is 5.69 Å². The van der Waals surface area contributed by atoms with E-state index in [1.807, 2.05) is 0 Å². The van der Waals surface area contributed by atoms with Crippen LogP contribution in [-0.4, -0.2) is 26.5 Å². The molecule has 7 nitrogen and oxygen atoms in total. The number of nitrogens with zero attached hydrogens (tertiary/aromatic N) is 1. The van der Waals surface area contributed by atoms with Gasteiger partial charge in [-0.3, -0.25) is 10.1 Å². The van der Waals surface area contributed by atoms with E-state index in [4.69, 9.17) is 16.3 Å². The molecule has 1 N–H and O–H groups in total. The first kappa shape index (κ1) is 18.2. The lowest BCUT2D eigenvalue weighted by molar-refractivity contribution is -0.384. The largest absolute Gasteiger partial charge is 0.492 e. The highest BCUT2D eigenvalue weighted by molar-refractivity contribution is 7.88. The molecular formula is C15H15ClN2O5S. The Balaban J connectivity index is 1.84. The zero-order valence-electron chi connectivity index (χ0n) is 12.5. The highest BCUT2D eigenvalue weighted by Crippen LogP contribution is 2.16. The molecule has 24 heavy (non-hydrogen) atoms. The van der Waals surface area contributed by atoms with Crippen LogP contribution in [-0.2, 0) is 15.8 Å². The molecule has 0 aliphatic carbocycles. The van der Waals surface area contributed by atoms with Crippen LogP contribution in [0.15, 0.2) is 48.5 Å². The summed E-state index contributed by atoms with van der Waals surface area (Å²) in [4.78, 5) is 10.1. The zero-order valence-corrected chi connectivity index (χ0v) is 14.1. The number of rotatable bonds is 8. The monoisotopic (exact) mass is 370 g/mol. The summed E-state index contributed by atoms with van der Waals surface area (Å²) in [6.07, 6.45) is 0. The first-order valence-electron chi connectivity index (χ1n) is 6.95. The highest BCUT2D eigenvalue weighted by Gasteiger charge is 2.13. The SMILES string of the molecule is O=[N+]([O-])c1cccc(CS(=O)(=O)NCCOc2ccc(Cl)cc2)c1. The molecule has 0 saturated carbocycles. The van der Waals surface area contributed by atoms with Crippen molar-refractivity contribution < 1.29 is 18.1 Å². The molecule has 2 rings (SSSR count). The second kappa shape index (κ2) is 8.09. The van der Waals surface area contributed by atoms with Crippen LogP contribution in [0.3, 0.4) is 0 Å². The van der Waals surface area contributed by atoms with E-state index >= 15 is 0 Å². The molecule has 0 radical (unpaired) electrons. The molecule has 0 bridgehead atoms. The number of halogens is 1. The Morgan fingerprint density at radius 2 is 1.88 bits per heavy atom. The normalized spacial score (nSPS) is 11.2. The number of hydrogen-bond acceptors (Lipinski definition) is 5. The summed E-state index contributed by atoms with van der Waals surface area (Å²) >= 11 is 5.75. The van der Waals surface area contributed by atoms with Gasteiger partial charge in [-0.25, -0.2) is 13.1 Å². The van der Waals surface area contributed by atoms with Gasteiger partial charge >= 0.3 is 0 Å². The summed E-state index contributed by atoms with van der Waals surface area (Å²) in [5, 5.41) is 11.3. The van der Waals surface area contributed by atoms with E-state index in [1.165, 1.54) is 24.3 Å². The smallest absolute Gasteiger partial charge is 0.269 e. The number of benzene rings is 2. The minimum atomic E-state index is -3.61. The average Bonchev–Trinajstić information content (AvgIpc) is 2.53. The first-order valence-corrected chi connectivity index (χ1v) is 8.98. The first-order chi connectivity index (χ1) is 11.4. The topological polar surface area (TPSA) is 98.5 Å². The molecule has 0 heterocycles. The summed E-state index contributed by atoms with van der Waals surface area (Å²) in [6.45, 7) is 0.232. The predicted octanol–water partition coefficient (Wildman–Crippen LogP) is 2.75. The van der Waals surface area contributed by atoms with Gasteiger partial charge in [-0.05, 0) is 29.8 Å². The van der Waals surface area contributed by atoms with Crippen molar-refractivity contribution >= 4 is 27.3 Å². The van der Waals surface area contributed by atoms with E-state index < -0.39 is 14.9 Å². The fourth-order valence-electron chi connectivity index (χ4n) is 1.93. The van der Waals surface area contributed by atoms with Crippen LogP contribution in [0.4, 0.5) is 5.69 Å². The van der Waals surface area contributed by atoms with E-state index in [0.29, 0.717) is 16.3 Å². The van der Waals surface area contributed by atoms with E-state index in [1.54, 1.807) is 24.3 Å². The maximum absolute atomic E-state index is 12.0. The second-order valence-electron chi connectivity index (χ2n) is 4.88. The molecule has 2 aromatic rings. The fraction of sp³-hybridized carbons (Fsp3) is 0.200. The Morgan fingerprint density at radius 3 is 2.54 bits per heavy atom. The molecule has 0 aliphatic rings. The number of sulfonamides is 1. The van der Waals surface area contributed by atoms with Crippen molar-refractivity contribution in [3.63, 3.8) is 0 Å². The minimum absolute atomic E-state index is 0.0832. The molecule has 0 atom stereocenters. The van der Waals surface area contributed by atoms with Gasteiger partial charge in [0.05, 0.1) is 10.7 Å². The lowest BCUT2D eigenvalue weighted by atomic mass is 10.2. The van der Waals surface area contributed by atoms with E-state index in [0.717, 1.165) is 0 Å². The zero-order chi connectivity index (χ0) is 17.6. The van der Waals surface area contributed by atoms with Gasteiger partial charge < -0.3 is 4.74 Å². The van der Waals surface area contributed by atoms with E-state index in [2.05, 4.69) is 4.72 Å². The van der Waals surface area contributed by atoms with Gasteiger partial charge in [-0.2, -0.15) is 0 Å². The summed E-state index contributed by atoms with van der Waals surface area (Å²) in [6, 6.07) is 12.2. The highest BCUT2D eigenvalue weighted by atomic mass is 35.5. The molecule has 0 saturated heterocycles. The number of non-ortho nitro benzene ring substituents is 1. The predicted molar refractivity (Wildman–Crippen MR) is 90.7 cm³/mol. The summed E-state index contributed by atoms with van der Waals surface area (Å²) in [5.41, 5.74) is 0.198. The summed E-state index contributed by atoms with van der Waals surface area (Å²) in [5.74, 6) is 0.243. The molecule has 2 aromatic carbocycles. The molecule has 0 aromatic heterocycles. The third-order valence-corrected chi connectivity index (χ3v) is 4.59. The van der Waals surface area contributed by atoms with Gasteiger partial charge in [0.1, 0.15) is 12.4 Å². The van der Waals surface area contributed by atoms with Gasteiger partial charge in [0.15, 0.2) is 0 Å². The number of ether oxygens (including phenoxy) is 1. The third-order valence-electron chi connectivity index (χ3n) is 2.98. The maximum Gasteiger partial charge on any atom is 0.269 e. The van der Waals surface area contributed by atoms with Crippen molar-refractivity contribution in [1.82, 2.24) is 4.72 Å². The Labute approximate surface area is 144 Å². The Morgan fingerprint density at radius 1 is 1.17 bits per heavy atom. The number of nitro benzene ring substituents is 1. The average molecular weight is 371 g/mol. The van der Waals surface area contributed by atoms with Crippen LogP contribution < -0.4 is 9.46 Å². The molecule has 0 amide bonds. The molecular weight excluding hydrogens is 356 g/mol. The molecule has 0 unspecified atom stereocenters. The summed E-state index contributed by atoms with van der Waals surface area (Å²) in [7, 11) is -3.61. The van der Waals surface area contributed by atoms with Crippen LogP contribution in [0, 0.1) is 10.1 Å². The van der Waals surface area contributed by atoms with Gasteiger partial charge in [0.2, 0.25) is 10.0 Å². The van der Waals surface area contributed by atoms with Crippen molar-refractivity contribution in [3.05, 3.63) is 69.2 Å². The third kappa shape index (κ3) is 5.80. The Bertz CT molecular complexity index is 809. The quantitative estimate of drug-likeness (QED) is 0.437. The van der Waals surface area contributed by atoms with Crippen LogP contribution in [0.1, 0.15) is 5.56 Å². The van der Waals surface area contributed by atoms with Crippen LogP contribution in [0.2, 0.25) is 5.02 Å². The number of nitrogens with one attached hydrogen (secondary N) is 1. The molecule has 9 heteroatoms.